The predicted octanol–water partition coefficient (Wildman–Crippen LogP) is 4.16. The van der Waals surface area contributed by atoms with Crippen molar-refractivity contribution < 1.29 is 0 Å². The van der Waals surface area contributed by atoms with Gasteiger partial charge in [0.25, 0.3) is 0 Å². The maximum absolute atomic E-state index is 3.47. The molecule has 0 bridgehead atoms. The van der Waals surface area contributed by atoms with Crippen LogP contribution in [0.2, 0.25) is 0 Å². The lowest BCUT2D eigenvalue weighted by Crippen LogP contribution is -2.12. The zero-order valence-electron chi connectivity index (χ0n) is 10.6. The molecule has 1 aromatic rings. The third-order valence-corrected chi connectivity index (χ3v) is 2.26. The van der Waals surface area contributed by atoms with Crippen molar-refractivity contribution >= 4 is 0 Å². The summed E-state index contributed by atoms with van der Waals surface area (Å²) in [4.78, 5) is 0. The molecule has 1 aliphatic rings. The lowest BCUT2D eigenvalue weighted by Gasteiger charge is -2.08. The van der Waals surface area contributed by atoms with E-state index in [1.54, 1.807) is 0 Å². The van der Waals surface area contributed by atoms with Gasteiger partial charge in [-0.3, -0.25) is 0 Å². The van der Waals surface area contributed by atoms with E-state index >= 15 is 0 Å². The van der Waals surface area contributed by atoms with Crippen molar-refractivity contribution in [2.24, 2.45) is 0 Å². The quantitative estimate of drug-likeness (QED) is 0.729. The smallest absolute Gasteiger partial charge is 0.0320 e. The van der Waals surface area contributed by atoms with Gasteiger partial charge in [-0.05, 0) is 24.9 Å². The third kappa shape index (κ3) is 4.98. The van der Waals surface area contributed by atoms with Gasteiger partial charge in [0.05, 0.1) is 0 Å². The lowest BCUT2D eigenvalue weighted by molar-refractivity contribution is 0.648. The first-order chi connectivity index (χ1) is 7.47. The summed E-state index contributed by atoms with van der Waals surface area (Å²) in [6.07, 6.45) is 2.61. The standard InChI is InChI=1S/C10H13N.2C2H6/c1-2-5-9(6-3-1)10-7-4-8-11-10;2*1-2/h1-3,5-6,10-11H,4,7-8H2;2*1-2H3. The van der Waals surface area contributed by atoms with Crippen molar-refractivity contribution in [2.75, 3.05) is 6.54 Å². The summed E-state index contributed by atoms with van der Waals surface area (Å²) in [6, 6.07) is 11.3. The summed E-state index contributed by atoms with van der Waals surface area (Å²) >= 11 is 0. The van der Waals surface area contributed by atoms with Crippen LogP contribution < -0.4 is 5.32 Å². The number of hydrogen-bond donors (Lipinski definition) is 1. The van der Waals surface area contributed by atoms with Crippen molar-refractivity contribution in [3.05, 3.63) is 35.9 Å². The van der Waals surface area contributed by atoms with Crippen molar-refractivity contribution in [3.8, 4) is 0 Å². The summed E-state index contributed by atoms with van der Waals surface area (Å²) < 4.78 is 0. The minimum absolute atomic E-state index is 0.621. The summed E-state index contributed by atoms with van der Waals surface area (Å²) in [5.41, 5.74) is 1.44. The van der Waals surface area contributed by atoms with Crippen LogP contribution in [0, 0.1) is 0 Å². The third-order valence-electron chi connectivity index (χ3n) is 2.26. The predicted molar refractivity (Wildman–Crippen MR) is 69.1 cm³/mol. The molecule has 0 spiro atoms. The highest BCUT2D eigenvalue weighted by molar-refractivity contribution is 5.19. The topological polar surface area (TPSA) is 12.0 Å². The maximum Gasteiger partial charge on any atom is 0.0320 e. The number of nitrogens with one attached hydrogen (secondary N) is 1. The largest absolute Gasteiger partial charge is 0.310 e. The molecule has 1 fully saturated rings. The molecule has 0 aliphatic carbocycles. The molecular weight excluding hydrogens is 182 g/mol. The highest BCUT2D eigenvalue weighted by Gasteiger charge is 2.14. The van der Waals surface area contributed by atoms with E-state index in [2.05, 4.69) is 35.6 Å². The van der Waals surface area contributed by atoms with Crippen LogP contribution >= 0.6 is 0 Å². The Kier molecular flexibility index (Phi) is 9.19. The van der Waals surface area contributed by atoms with Crippen LogP contribution in [0.4, 0.5) is 0 Å². The normalized spacial score (nSPS) is 18.3. The zero-order valence-corrected chi connectivity index (χ0v) is 10.6. The molecule has 0 radical (unpaired) electrons. The molecule has 1 heteroatoms. The van der Waals surface area contributed by atoms with Gasteiger partial charge in [0, 0.05) is 6.04 Å². The molecule has 2 rings (SSSR count). The summed E-state index contributed by atoms with van der Waals surface area (Å²) in [6.45, 7) is 9.18. The SMILES string of the molecule is CC.CC.c1ccc(C2CCCN2)cc1. The Morgan fingerprint density at radius 1 is 1.00 bits per heavy atom. The van der Waals surface area contributed by atoms with E-state index in [4.69, 9.17) is 0 Å². The molecule has 0 saturated carbocycles. The average molecular weight is 207 g/mol. The average Bonchev–Trinajstić information content (AvgIpc) is 2.89. The first-order valence-electron chi connectivity index (χ1n) is 6.25. The Hall–Kier alpha value is -0.820. The molecular formula is C14H25N. The Bertz CT molecular complexity index is 212. The van der Waals surface area contributed by atoms with Crippen molar-refractivity contribution in [2.45, 2.75) is 46.6 Å². The van der Waals surface area contributed by atoms with Gasteiger partial charge in [-0.1, -0.05) is 58.0 Å². The molecule has 1 atom stereocenters. The van der Waals surface area contributed by atoms with E-state index in [-0.39, 0.29) is 0 Å². The van der Waals surface area contributed by atoms with E-state index in [0.29, 0.717) is 6.04 Å². The lowest BCUT2D eigenvalue weighted by atomic mass is 10.1. The molecule has 0 amide bonds. The fraction of sp³-hybridized carbons (Fsp3) is 0.571. The van der Waals surface area contributed by atoms with Crippen LogP contribution in [0.1, 0.15) is 52.1 Å². The van der Waals surface area contributed by atoms with Crippen LogP contribution in [-0.2, 0) is 0 Å². The number of benzene rings is 1. The summed E-state index contributed by atoms with van der Waals surface area (Å²) in [7, 11) is 0. The minimum Gasteiger partial charge on any atom is -0.310 e. The van der Waals surface area contributed by atoms with E-state index in [9.17, 15) is 0 Å². The first kappa shape index (κ1) is 14.2. The molecule has 86 valence electrons. The zero-order chi connectivity index (χ0) is 11.5. The van der Waals surface area contributed by atoms with E-state index < -0.39 is 0 Å². The molecule has 1 saturated heterocycles. The van der Waals surface area contributed by atoms with Gasteiger partial charge in [-0.15, -0.1) is 0 Å². The minimum atomic E-state index is 0.621. The van der Waals surface area contributed by atoms with Gasteiger partial charge in [0.2, 0.25) is 0 Å². The Labute approximate surface area is 94.9 Å². The molecule has 1 aliphatic heterocycles. The molecule has 1 nitrogen and oxygen atoms in total. The number of hydrogen-bond acceptors (Lipinski definition) is 1. The summed E-state index contributed by atoms with van der Waals surface area (Å²) in [5.74, 6) is 0. The number of rotatable bonds is 1. The van der Waals surface area contributed by atoms with Crippen molar-refractivity contribution in [3.63, 3.8) is 0 Å². The maximum atomic E-state index is 3.47. The first-order valence-corrected chi connectivity index (χ1v) is 6.25. The van der Waals surface area contributed by atoms with E-state index in [0.717, 1.165) is 0 Å². The van der Waals surface area contributed by atoms with Crippen LogP contribution in [-0.4, -0.2) is 6.54 Å². The Morgan fingerprint density at radius 2 is 1.60 bits per heavy atom. The van der Waals surface area contributed by atoms with Gasteiger partial charge in [0.1, 0.15) is 0 Å². The second-order valence-corrected chi connectivity index (χ2v) is 3.06. The van der Waals surface area contributed by atoms with Crippen molar-refractivity contribution in [1.82, 2.24) is 5.32 Å². The Balaban J connectivity index is 0.000000442. The van der Waals surface area contributed by atoms with Gasteiger partial charge < -0.3 is 5.32 Å². The molecule has 15 heavy (non-hydrogen) atoms. The van der Waals surface area contributed by atoms with E-state index in [1.807, 2.05) is 27.7 Å². The highest BCUT2D eigenvalue weighted by atomic mass is 14.9. The molecule has 1 heterocycles. The van der Waals surface area contributed by atoms with Gasteiger partial charge >= 0.3 is 0 Å². The van der Waals surface area contributed by atoms with Gasteiger partial charge in [-0.2, -0.15) is 0 Å². The fourth-order valence-corrected chi connectivity index (χ4v) is 1.65. The van der Waals surface area contributed by atoms with Crippen molar-refractivity contribution in [1.29, 1.82) is 0 Å². The molecule has 1 N–H and O–H groups in total. The summed E-state index contributed by atoms with van der Waals surface area (Å²) in [5, 5.41) is 3.47. The monoisotopic (exact) mass is 207 g/mol. The van der Waals surface area contributed by atoms with E-state index in [1.165, 1.54) is 24.9 Å². The van der Waals surface area contributed by atoms with Gasteiger partial charge in [0.15, 0.2) is 0 Å². The fourth-order valence-electron chi connectivity index (χ4n) is 1.65. The molecule has 0 aromatic heterocycles. The van der Waals surface area contributed by atoms with Crippen LogP contribution in [0.5, 0.6) is 0 Å². The second-order valence-electron chi connectivity index (χ2n) is 3.06. The molecule has 1 aromatic carbocycles. The van der Waals surface area contributed by atoms with Crippen LogP contribution in [0.3, 0.4) is 0 Å². The highest BCUT2D eigenvalue weighted by Crippen LogP contribution is 2.21. The molecule has 1 unspecified atom stereocenters. The van der Waals surface area contributed by atoms with Crippen LogP contribution in [0.15, 0.2) is 30.3 Å². The van der Waals surface area contributed by atoms with Gasteiger partial charge in [-0.25, -0.2) is 0 Å². The second kappa shape index (κ2) is 9.72. The Morgan fingerprint density at radius 3 is 2.07 bits per heavy atom. The van der Waals surface area contributed by atoms with Crippen LogP contribution in [0.25, 0.3) is 0 Å².